The van der Waals surface area contributed by atoms with Gasteiger partial charge in [0.05, 0.1) is 10.5 Å². The fraction of sp³-hybridized carbons (Fsp3) is 0.182. The van der Waals surface area contributed by atoms with Crippen molar-refractivity contribution in [3.05, 3.63) is 70.6 Å². The highest BCUT2D eigenvalue weighted by Gasteiger charge is 2.24. The maximum atomic E-state index is 12.9. The van der Waals surface area contributed by atoms with Crippen molar-refractivity contribution in [2.75, 3.05) is 5.32 Å². The number of carbonyl (C=O) groups is 2. The number of hydrogen-bond acceptors (Lipinski definition) is 5. The molecule has 7 nitrogen and oxygen atoms in total. The molecule has 4 N–H and O–H groups in total. The first-order chi connectivity index (χ1) is 14.6. The molecule has 3 rings (SSSR count). The summed E-state index contributed by atoms with van der Waals surface area (Å²) in [4.78, 5) is 25.9. The molecule has 3 aromatic rings. The van der Waals surface area contributed by atoms with Crippen LogP contribution >= 0.6 is 11.3 Å². The first kappa shape index (κ1) is 22.7. The molecule has 0 bridgehead atoms. The standard InChI is InChI=1S/C22H23N3O4S2/c1-13(2)25-31(28,29)17-11-7-10-16(12-17)21(27)24-22-19(20(23)26)18(14(3)30-22)15-8-5-4-6-9-15/h4-13,25H,1-3H3,(H2,23,26)(H,24,27). The van der Waals surface area contributed by atoms with Crippen molar-refractivity contribution < 1.29 is 18.0 Å². The number of aryl methyl sites for hydroxylation is 1. The minimum Gasteiger partial charge on any atom is -0.365 e. The predicted octanol–water partition coefficient (Wildman–Crippen LogP) is 3.76. The highest BCUT2D eigenvalue weighted by atomic mass is 32.2. The van der Waals surface area contributed by atoms with E-state index in [0.717, 1.165) is 10.4 Å². The molecular formula is C22H23N3O4S2. The Hall–Kier alpha value is -3.01. The van der Waals surface area contributed by atoms with Crippen molar-refractivity contribution in [3.63, 3.8) is 0 Å². The molecule has 0 unspecified atom stereocenters. The predicted molar refractivity (Wildman–Crippen MR) is 123 cm³/mol. The van der Waals surface area contributed by atoms with Gasteiger partial charge in [-0.2, -0.15) is 0 Å². The van der Waals surface area contributed by atoms with E-state index in [0.29, 0.717) is 10.6 Å². The van der Waals surface area contributed by atoms with E-state index in [-0.39, 0.29) is 22.1 Å². The van der Waals surface area contributed by atoms with Gasteiger partial charge >= 0.3 is 0 Å². The van der Waals surface area contributed by atoms with Gasteiger partial charge in [0, 0.05) is 22.0 Å². The van der Waals surface area contributed by atoms with Crippen LogP contribution in [0, 0.1) is 6.92 Å². The van der Waals surface area contributed by atoms with E-state index in [1.807, 2.05) is 37.3 Å². The topological polar surface area (TPSA) is 118 Å². The molecule has 9 heteroatoms. The van der Waals surface area contributed by atoms with Gasteiger partial charge in [-0.1, -0.05) is 36.4 Å². The van der Waals surface area contributed by atoms with Crippen LogP contribution in [0.25, 0.3) is 11.1 Å². The van der Waals surface area contributed by atoms with Crippen LogP contribution in [0.5, 0.6) is 0 Å². The van der Waals surface area contributed by atoms with Crippen molar-refractivity contribution in [3.8, 4) is 11.1 Å². The molecule has 1 heterocycles. The van der Waals surface area contributed by atoms with Crippen LogP contribution in [-0.2, 0) is 10.0 Å². The van der Waals surface area contributed by atoms with Gasteiger partial charge < -0.3 is 11.1 Å². The quantitative estimate of drug-likeness (QED) is 0.500. The molecule has 162 valence electrons. The molecule has 0 aliphatic carbocycles. The average molecular weight is 458 g/mol. The van der Waals surface area contributed by atoms with Gasteiger partial charge in [0.15, 0.2) is 0 Å². The number of benzene rings is 2. The molecule has 0 radical (unpaired) electrons. The van der Waals surface area contributed by atoms with E-state index >= 15 is 0 Å². The monoisotopic (exact) mass is 457 g/mol. The third-order valence-corrected chi connectivity index (χ3v) is 7.09. The number of rotatable bonds is 7. The summed E-state index contributed by atoms with van der Waals surface area (Å²) in [6.45, 7) is 5.27. The second-order valence-corrected chi connectivity index (χ2v) is 10.2. The lowest BCUT2D eigenvalue weighted by Crippen LogP contribution is -2.30. The largest absolute Gasteiger partial charge is 0.365 e. The molecule has 2 aromatic carbocycles. The molecule has 0 atom stereocenters. The number of sulfonamides is 1. The average Bonchev–Trinajstić information content (AvgIpc) is 3.03. The highest BCUT2D eigenvalue weighted by Crippen LogP contribution is 2.39. The van der Waals surface area contributed by atoms with Crippen molar-refractivity contribution >= 4 is 38.2 Å². The van der Waals surface area contributed by atoms with Gasteiger partial charge in [-0.3, -0.25) is 9.59 Å². The summed E-state index contributed by atoms with van der Waals surface area (Å²) >= 11 is 1.24. The van der Waals surface area contributed by atoms with Crippen LogP contribution in [0.1, 0.15) is 39.4 Å². The Morgan fingerprint density at radius 3 is 2.32 bits per heavy atom. The fourth-order valence-corrected chi connectivity index (χ4v) is 5.55. The maximum Gasteiger partial charge on any atom is 0.256 e. The number of amides is 2. The Morgan fingerprint density at radius 2 is 1.71 bits per heavy atom. The summed E-state index contributed by atoms with van der Waals surface area (Å²) in [6, 6.07) is 14.7. The van der Waals surface area contributed by atoms with Crippen LogP contribution < -0.4 is 15.8 Å². The molecule has 0 spiro atoms. The van der Waals surface area contributed by atoms with Crippen LogP contribution in [-0.4, -0.2) is 26.3 Å². The van der Waals surface area contributed by atoms with Crippen molar-refractivity contribution in [2.45, 2.75) is 31.7 Å². The Balaban J connectivity index is 1.97. The zero-order valence-electron chi connectivity index (χ0n) is 17.3. The maximum absolute atomic E-state index is 12.9. The van der Waals surface area contributed by atoms with Crippen molar-refractivity contribution in [1.82, 2.24) is 4.72 Å². The molecule has 0 aliphatic rings. The normalized spacial score (nSPS) is 11.5. The first-order valence-corrected chi connectivity index (χ1v) is 11.8. The van der Waals surface area contributed by atoms with E-state index in [9.17, 15) is 18.0 Å². The lowest BCUT2D eigenvalue weighted by atomic mass is 10.0. The van der Waals surface area contributed by atoms with Crippen LogP contribution in [0.4, 0.5) is 5.00 Å². The number of anilines is 1. The minimum atomic E-state index is -3.75. The van der Waals surface area contributed by atoms with Gasteiger partial charge in [-0.25, -0.2) is 13.1 Å². The number of primary amides is 1. The van der Waals surface area contributed by atoms with E-state index in [1.54, 1.807) is 13.8 Å². The van der Waals surface area contributed by atoms with Crippen LogP contribution in [0.3, 0.4) is 0 Å². The highest BCUT2D eigenvalue weighted by molar-refractivity contribution is 7.89. The van der Waals surface area contributed by atoms with E-state index < -0.39 is 21.8 Å². The van der Waals surface area contributed by atoms with Crippen molar-refractivity contribution in [1.29, 1.82) is 0 Å². The Labute approximate surface area is 185 Å². The molecule has 0 saturated heterocycles. The molecule has 31 heavy (non-hydrogen) atoms. The number of nitrogens with one attached hydrogen (secondary N) is 2. The number of carbonyl (C=O) groups excluding carboxylic acids is 2. The van der Waals surface area contributed by atoms with E-state index in [1.165, 1.54) is 35.6 Å². The smallest absolute Gasteiger partial charge is 0.256 e. The lowest BCUT2D eigenvalue weighted by Gasteiger charge is -2.11. The lowest BCUT2D eigenvalue weighted by molar-refractivity contribution is 0.100. The Morgan fingerprint density at radius 1 is 1.03 bits per heavy atom. The summed E-state index contributed by atoms with van der Waals surface area (Å²) < 4.78 is 27.3. The molecular weight excluding hydrogens is 434 g/mol. The van der Waals surface area contributed by atoms with Gasteiger partial charge in [-0.05, 0) is 44.5 Å². The summed E-state index contributed by atoms with van der Waals surface area (Å²) in [5, 5.41) is 3.04. The second kappa shape index (κ2) is 9.01. The summed E-state index contributed by atoms with van der Waals surface area (Å²) in [5.74, 6) is -1.19. The molecule has 1 aromatic heterocycles. The van der Waals surface area contributed by atoms with Crippen molar-refractivity contribution in [2.24, 2.45) is 5.73 Å². The van der Waals surface area contributed by atoms with Gasteiger partial charge in [0.1, 0.15) is 5.00 Å². The van der Waals surface area contributed by atoms with Gasteiger partial charge in [0.2, 0.25) is 10.0 Å². The number of nitrogens with two attached hydrogens (primary N) is 1. The molecule has 0 aliphatic heterocycles. The minimum absolute atomic E-state index is 0.0173. The third kappa shape index (κ3) is 5.01. The van der Waals surface area contributed by atoms with E-state index in [2.05, 4.69) is 10.0 Å². The summed E-state index contributed by atoms with van der Waals surface area (Å²) in [7, 11) is -3.75. The molecule has 0 fully saturated rings. The zero-order valence-corrected chi connectivity index (χ0v) is 18.9. The van der Waals surface area contributed by atoms with Crippen LogP contribution in [0.2, 0.25) is 0 Å². The number of hydrogen-bond donors (Lipinski definition) is 3. The summed E-state index contributed by atoms with van der Waals surface area (Å²) in [5.41, 5.74) is 7.50. The van der Waals surface area contributed by atoms with Crippen LogP contribution in [0.15, 0.2) is 59.5 Å². The number of thiophene rings is 1. The van der Waals surface area contributed by atoms with E-state index in [4.69, 9.17) is 5.73 Å². The third-order valence-electron chi connectivity index (χ3n) is 4.42. The second-order valence-electron chi connectivity index (χ2n) is 7.23. The summed E-state index contributed by atoms with van der Waals surface area (Å²) in [6.07, 6.45) is 0. The van der Waals surface area contributed by atoms with Gasteiger partial charge in [0.25, 0.3) is 11.8 Å². The first-order valence-electron chi connectivity index (χ1n) is 9.52. The molecule has 2 amide bonds. The SMILES string of the molecule is Cc1sc(NC(=O)c2cccc(S(=O)(=O)NC(C)C)c2)c(C(N)=O)c1-c1ccccc1. The Kier molecular flexibility index (Phi) is 6.59. The fourth-order valence-electron chi connectivity index (χ4n) is 3.18. The zero-order chi connectivity index (χ0) is 22.8. The molecule has 0 saturated carbocycles. The Bertz CT molecular complexity index is 1230. The van der Waals surface area contributed by atoms with Gasteiger partial charge in [-0.15, -0.1) is 11.3 Å².